The van der Waals surface area contributed by atoms with Gasteiger partial charge in [-0.25, -0.2) is 4.79 Å². The summed E-state index contributed by atoms with van der Waals surface area (Å²) in [6.45, 7) is 0. The van der Waals surface area contributed by atoms with Gasteiger partial charge in [0.05, 0.1) is 0 Å². The Morgan fingerprint density at radius 1 is 1.38 bits per heavy atom. The fourth-order valence-corrected chi connectivity index (χ4v) is 2.84. The Labute approximate surface area is 96.1 Å². The fraction of sp³-hybridized carbons (Fsp3) is 0.250. The first-order valence-corrected chi connectivity index (χ1v) is 5.93. The van der Waals surface area contributed by atoms with Gasteiger partial charge in [0.25, 0.3) is 0 Å². The third kappa shape index (κ3) is 1.21. The summed E-state index contributed by atoms with van der Waals surface area (Å²) in [5, 5.41) is 12.9. The van der Waals surface area contributed by atoms with Crippen molar-refractivity contribution < 1.29 is 9.90 Å². The van der Waals surface area contributed by atoms with Crippen molar-refractivity contribution in [2.24, 2.45) is 4.99 Å². The number of hydrogen-bond donors (Lipinski definition) is 1. The van der Waals surface area contributed by atoms with Gasteiger partial charge in [0, 0.05) is 15.6 Å². The van der Waals surface area contributed by atoms with E-state index >= 15 is 0 Å². The molecule has 0 radical (unpaired) electrons. The number of benzene rings is 1. The largest absolute Gasteiger partial charge is 0.507 e. The van der Waals surface area contributed by atoms with Gasteiger partial charge in [-0.3, -0.25) is 0 Å². The first kappa shape index (κ1) is 9.58. The number of phenols is 1. The summed E-state index contributed by atoms with van der Waals surface area (Å²) in [4.78, 5) is 14.2. The predicted octanol–water partition coefficient (Wildman–Crippen LogP) is 2.93. The highest BCUT2D eigenvalue weighted by atomic mass is 32.1. The molecule has 0 aliphatic heterocycles. The summed E-state index contributed by atoms with van der Waals surface area (Å²) >= 11 is 1.59. The molecule has 1 heterocycles. The molecule has 80 valence electrons. The van der Waals surface area contributed by atoms with Gasteiger partial charge in [0.2, 0.25) is 6.08 Å². The number of nitrogens with zero attached hydrogens (tertiary/aromatic N) is 1. The Kier molecular flexibility index (Phi) is 1.90. The van der Waals surface area contributed by atoms with E-state index in [9.17, 15) is 9.90 Å². The Hall–Kier alpha value is -1.64. The average Bonchev–Trinajstić information content (AvgIpc) is 2.89. The van der Waals surface area contributed by atoms with E-state index in [4.69, 9.17) is 0 Å². The van der Waals surface area contributed by atoms with Gasteiger partial charge in [-0.2, -0.15) is 4.99 Å². The fourth-order valence-electron chi connectivity index (χ4n) is 2.05. The first-order valence-electron chi connectivity index (χ1n) is 5.05. The molecule has 0 unspecified atom stereocenters. The Balaban J connectivity index is 2.24. The number of aromatic hydroxyl groups is 1. The molecular formula is C12H9NO2S. The van der Waals surface area contributed by atoms with Crippen LogP contribution in [0.4, 0.5) is 0 Å². The monoisotopic (exact) mass is 231 g/mol. The van der Waals surface area contributed by atoms with Crippen LogP contribution in [0.1, 0.15) is 18.4 Å². The van der Waals surface area contributed by atoms with Gasteiger partial charge in [0.1, 0.15) is 11.3 Å². The Morgan fingerprint density at radius 2 is 2.19 bits per heavy atom. The van der Waals surface area contributed by atoms with E-state index in [1.54, 1.807) is 17.4 Å². The van der Waals surface area contributed by atoms with Crippen molar-refractivity contribution in [3.8, 4) is 5.75 Å². The molecular weight excluding hydrogens is 222 g/mol. The van der Waals surface area contributed by atoms with E-state index in [1.807, 2.05) is 23.6 Å². The number of thiophene rings is 1. The second kappa shape index (κ2) is 3.17. The summed E-state index contributed by atoms with van der Waals surface area (Å²) in [5.41, 5.74) is 0.254. The highest BCUT2D eigenvalue weighted by Gasteiger charge is 2.46. The van der Waals surface area contributed by atoms with Crippen molar-refractivity contribution in [2.75, 3.05) is 0 Å². The zero-order valence-corrected chi connectivity index (χ0v) is 9.25. The van der Waals surface area contributed by atoms with Crippen LogP contribution in [0.2, 0.25) is 0 Å². The zero-order valence-electron chi connectivity index (χ0n) is 8.43. The average molecular weight is 231 g/mol. The lowest BCUT2D eigenvalue weighted by Crippen LogP contribution is -2.02. The van der Waals surface area contributed by atoms with E-state index in [0.717, 1.165) is 28.5 Å². The van der Waals surface area contributed by atoms with Gasteiger partial charge in [-0.15, -0.1) is 11.3 Å². The number of aliphatic imine (C=N–C) groups is 1. The molecule has 1 fully saturated rings. The van der Waals surface area contributed by atoms with Crippen LogP contribution < -0.4 is 0 Å². The molecule has 0 spiro atoms. The molecule has 1 aromatic carbocycles. The maximum atomic E-state index is 10.4. The van der Waals surface area contributed by atoms with Gasteiger partial charge >= 0.3 is 0 Å². The molecule has 1 aromatic heterocycles. The molecule has 0 bridgehead atoms. The molecule has 0 saturated heterocycles. The van der Waals surface area contributed by atoms with Crippen molar-refractivity contribution >= 4 is 27.5 Å². The summed E-state index contributed by atoms with van der Waals surface area (Å²) in [6.07, 6.45) is 3.23. The summed E-state index contributed by atoms with van der Waals surface area (Å²) in [5.74, 6) is 0.259. The zero-order chi connectivity index (χ0) is 11.2. The topological polar surface area (TPSA) is 49.7 Å². The second-order valence-corrected chi connectivity index (χ2v) is 4.98. The normalized spacial score (nSPS) is 17.0. The van der Waals surface area contributed by atoms with Crippen LogP contribution in [0.3, 0.4) is 0 Å². The van der Waals surface area contributed by atoms with Crippen LogP contribution in [-0.2, 0) is 10.3 Å². The predicted molar refractivity (Wildman–Crippen MR) is 62.5 cm³/mol. The summed E-state index contributed by atoms with van der Waals surface area (Å²) in [6, 6.07) is 5.72. The number of phenolic OH excluding ortho intramolecular Hbond substituents is 1. The number of rotatable bonds is 2. The molecule has 0 amide bonds. The summed E-state index contributed by atoms with van der Waals surface area (Å²) < 4.78 is 1.05. The molecule has 1 saturated carbocycles. The van der Waals surface area contributed by atoms with Crippen LogP contribution in [0.5, 0.6) is 5.75 Å². The molecule has 4 heteroatoms. The minimum atomic E-state index is -0.498. The van der Waals surface area contributed by atoms with Crippen molar-refractivity contribution in [1.82, 2.24) is 0 Å². The third-order valence-corrected chi connectivity index (χ3v) is 3.97. The molecule has 1 N–H and O–H groups in total. The van der Waals surface area contributed by atoms with Gasteiger partial charge in [0.15, 0.2) is 0 Å². The van der Waals surface area contributed by atoms with Crippen LogP contribution in [-0.4, -0.2) is 11.2 Å². The van der Waals surface area contributed by atoms with Gasteiger partial charge in [-0.1, -0.05) is 6.07 Å². The van der Waals surface area contributed by atoms with Crippen molar-refractivity contribution in [3.05, 3.63) is 29.1 Å². The van der Waals surface area contributed by atoms with Gasteiger partial charge < -0.3 is 5.11 Å². The Morgan fingerprint density at radius 3 is 2.88 bits per heavy atom. The molecule has 16 heavy (non-hydrogen) atoms. The standard InChI is InChI=1S/C12H9NO2S/c14-7-13-12(4-5-12)9-1-2-10-8(11(9)15)3-6-16-10/h1-3,6,15H,4-5H2. The lowest BCUT2D eigenvalue weighted by Gasteiger charge is -2.10. The number of fused-ring (bicyclic) bond motifs is 1. The van der Waals surface area contributed by atoms with Gasteiger partial charge in [-0.05, 0) is 30.4 Å². The number of carbonyl (C=O) groups excluding carboxylic acids is 1. The van der Waals surface area contributed by atoms with Crippen LogP contribution >= 0.6 is 11.3 Å². The summed E-state index contributed by atoms with van der Waals surface area (Å²) in [7, 11) is 0. The van der Waals surface area contributed by atoms with Crippen LogP contribution in [0, 0.1) is 0 Å². The van der Waals surface area contributed by atoms with Crippen LogP contribution in [0.25, 0.3) is 10.1 Å². The molecule has 3 rings (SSSR count). The quantitative estimate of drug-likeness (QED) is 0.638. The van der Waals surface area contributed by atoms with E-state index < -0.39 is 5.54 Å². The minimum Gasteiger partial charge on any atom is -0.507 e. The van der Waals surface area contributed by atoms with Crippen LogP contribution in [0.15, 0.2) is 28.6 Å². The van der Waals surface area contributed by atoms with E-state index in [-0.39, 0.29) is 5.75 Å². The lowest BCUT2D eigenvalue weighted by atomic mass is 10.0. The highest BCUT2D eigenvalue weighted by Crippen LogP contribution is 2.53. The molecule has 0 atom stereocenters. The molecule has 2 aromatic rings. The van der Waals surface area contributed by atoms with E-state index in [2.05, 4.69) is 4.99 Å². The van der Waals surface area contributed by atoms with Crippen molar-refractivity contribution in [1.29, 1.82) is 0 Å². The maximum Gasteiger partial charge on any atom is 0.235 e. The number of hydrogen-bond acceptors (Lipinski definition) is 4. The first-order chi connectivity index (χ1) is 7.77. The molecule has 1 aliphatic carbocycles. The third-order valence-electron chi connectivity index (χ3n) is 3.09. The minimum absolute atomic E-state index is 0.259. The Bertz CT molecular complexity index is 607. The van der Waals surface area contributed by atoms with Crippen molar-refractivity contribution in [3.63, 3.8) is 0 Å². The smallest absolute Gasteiger partial charge is 0.235 e. The second-order valence-electron chi connectivity index (χ2n) is 4.03. The van der Waals surface area contributed by atoms with E-state index in [1.165, 1.54) is 0 Å². The maximum absolute atomic E-state index is 10.4. The molecule has 1 aliphatic rings. The molecule has 3 nitrogen and oxygen atoms in total. The lowest BCUT2D eigenvalue weighted by molar-refractivity contribution is 0.466. The highest BCUT2D eigenvalue weighted by molar-refractivity contribution is 7.17. The van der Waals surface area contributed by atoms with E-state index in [0.29, 0.717) is 0 Å². The van der Waals surface area contributed by atoms with Crippen molar-refractivity contribution in [2.45, 2.75) is 18.4 Å². The number of isocyanates is 1. The SMILES string of the molecule is O=C=NC1(c2ccc3sccc3c2O)CC1.